The number of piperidine rings is 1. The largest absolute Gasteiger partial charge is 0.457 e. The minimum Gasteiger partial charge on any atom is -0.457 e. The van der Waals surface area contributed by atoms with Crippen LogP contribution in [0.3, 0.4) is 0 Å². The number of benzene rings is 2. The second-order valence-corrected chi connectivity index (χ2v) is 9.83. The number of nitrogens with two attached hydrogens (primary N) is 1. The molecule has 0 saturated carbocycles. The van der Waals surface area contributed by atoms with Gasteiger partial charge >= 0.3 is 0 Å². The molecule has 0 aliphatic carbocycles. The van der Waals surface area contributed by atoms with Crippen LogP contribution in [0.15, 0.2) is 60.9 Å². The molecule has 5 rings (SSSR count). The van der Waals surface area contributed by atoms with Crippen molar-refractivity contribution in [2.24, 2.45) is 5.92 Å². The predicted octanol–water partition coefficient (Wildman–Crippen LogP) is 3.07. The number of carbonyl (C=O) groups excluding carboxylic acids is 1. The number of nitrogens with one attached hydrogen (secondary N) is 1. The Kier molecular flexibility index (Phi) is 10.1. The molecule has 0 spiro atoms. The van der Waals surface area contributed by atoms with Gasteiger partial charge in [-0.05, 0) is 48.6 Å². The number of anilines is 2. The third kappa shape index (κ3) is 7.66. The average Bonchev–Trinajstić information content (AvgIpc) is 2.97. The minimum absolute atomic E-state index is 0. The molecule has 10 nitrogen and oxygen atoms in total. The smallest absolute Gasteiger partial charge is 0.223 e. The molecular weight excluding hydrogens is 496 g/mol. The number of amides is 1. The summed E-state index contributed by atoms with van der Waals surface area (Å²) >= 11 is 0. The molecule has 2 aliphatic heterocycles. The molecule has 3 heterocycles. The van der Waals surface area contributed by atoms with Gasteiger partial charge in [0.25, 0.3) is 0 Å². The molecule has 208 valence electrons. The summed E-state index contributed by atoms with van der Waals surface area (Å²) in [6, 6.07) is 17.5. The molecule has 2 fully saturated rings. The van der Waals surface area contributed by atoms with E-state index in [4.69, 9.17) is 15.2 Å². The fraction of sp³-hybridized carbons (Fsp3) is 0.414. The zero-order valence-corrected chi connectivity index (χ0v) is 22.2. The normalized spacial score (nSPS) is 16.4. The average molecular weight is 535 g/mol. The Morgan fingerprint density at radius 1 is 0.974 bits per heavy atom. The van der Waals surface area contributed by atoms with E-state index in [0.29, 0.717) is 18.2 Å². The maximum atomic E-state index is 12.7. The van der Waals surface area contributed by atoms with Crippen LogP contribution in [-0.4, -0.2) is 83.6 Å². The van der Waals surface area contributed by atoms with Gasteiger partial charge in [-0.1, -0.05) is 30.3 Å². The summed E-state index contributed by atoms with van der Waals surface area (Å²) in [4.78, 5) is 25.7. The number of rotatable bonds is 9. The maximum Gasteiger partial charge on any atom is 0.223 e. The van der Waals surface area contributed by atoms with Gasteiger partial charge in [0.05, 0.1) is 18.8 Å². The fourth-order valence-corrected chi connectivity index (χ4v) is 5.00. The lowest BCUT2D eigenvalue weighted by Crippen LogP contribution is -2.42. The summed E-state index contributed by atoms with van der Waals surface area (Å²) in [7, 11) is 0. The van der Waals surface area contributed by atoms with Crippen molar-refractivity contribution in [3.05, 3.63) is 60.9 Å². The number of likely N-dealkylation sites (tertiary alicyclic amines) is 1. The third-order valence-electron chi connectivity index (χ3n) is 7.27. The SMILES string of the molecule is Nc1ncnc(NCC2CCN(C(=O)CCN3CCOCC3)CC2)c1-c1ccc(Oc2ccccc2)cc1.O. The molecule has 0 bridgehead atoms. The quantitative estimate of drug-likeness (QED) is 0.427. The molecule has 5 N–H and O–H groups in total. The standard InChI is InChI=1S/C29H36N6O3.H2O/c30-28-27(23-6-8-25(9-7-23)38-24-4-2-1-3-5-24)29(33-21-32-28)31-20-22-10-14-35(15-11-22)26(36)12-13-34-16-18-37-19-17-34;/h1-9,21-22H,10-20H2,(H3,30,31,32,33);1H2. The van der Waals surface area contributed by atoms with Crippen LogP contribution in [-0.2, 0) is 9.53 Å². The molecule has 2 saturated heterocycles. The van der Waals surface area contributed by atoms with Crippen molar-refractivity contribution in [2.75, 3.05) is 63.5 Å². The molecule has 2 aromatic carbocycles. The van der Waals surface area contributed by atoms with Crippen molar-refractivity contribution in [1.29, 1.82) is 0 Å². The van der Waals surface area contributed by atoms with Crippen LogP contribution in [0.25, 0.3) is 11.1 Å². The van der Waals surface area contributed by atoms with E-state index >= 15 is 0 Å². The maximum absolute atomic E-state index is 12.7. The van der Waals surface area contributed by atoms with Gasteiger partial charge in [0.2, 0.25) is 5.91 Å². The van der Waals surface area contributed by atoms with Crippen molar-refractivity contribution in [3.8, 4) is 22.6 Å². The van der Waals surface area contributed by atoms with Crippen LogP contribution in [0, 0.1) is 5.92 Å². The first-order valence-corrected chi connectivity index (χ1v) is 13.4. The van der Waals surface area contributed by atoms with Crippen molar-refractivity contribution in [1.82, 2.24) is 19.8 Å². The highest BCUT2D eigenvalue weighted by molar-refractivity contribution is 5.83. The molecule has 0 atom stereocenters. The van der Waals surface area contributed by atoms with Crippen LogP contribution < -0.4 is 15.8 Å². The molecular formula is C29H38N6O4. The number of hydrogen-bond donors (Lipinski definition) is 2. The Bertz CT molecular complexity index is 1180. The Morgan fingerprint density at radius 2 is 1.67 bits per heavy atom. The number of ether oxygens (including phenoxy) is 2. The van der Waals surface area contributed by atoms with Gasteiger partial charge in [-0.15, -0.1) is 0 Å². The number of nitrogens with zero attached hydrogens (tertiary/aromatic N) is 4. The summed E-state index contributed by atoms with van der Waals surface area (Å²) in [5.41, 5.74) is 7.99. The van der Waals surface area contributed by atoms with Crippen molar-refractivity contribution >= 4 is 17.5 Å². The highest BCUT2D eigenvalue weighted by atomic mass is 16.5. The number of nitrogen functional groups attached to an aromatic ring is 1. The predicted molar refractivity (Wildman–Crippen MR) is 152 cm³/mol. The number of aromatic nitrogens is 2. The first-order chi connectivity index (χ1) is 18.7. The number of hydrogen-bond acceptors (Lipinski definition) is 8. The number of carbonyl (C=O) groups is 1. The van der Waals surface area contributed by atoms with Gasteiger partial charge in [0.1, 0.15) is 29.5 Å². The highest BCUT2D eigenvalue weighted by Crippen LogP contribution is 2.33. The Balaban J connectivity index is 0.00000353. The lowest BCUT2D eigenvalue weighted by Gasteiger charge is -2.33. The second-order valence-electron chi connectivity index (χ2n) is 9.83. The minimum atomic E-state index is 0. The van der Waals surface area contributed by atoms with Gasteiger partial charge in [-0.2, -0.15) is 0 Å². The van der Waals surface area contributed by atoms with E-state index < -0.39 is 0 Å². The summed E-state index contributed by atoms with van der Waals surface area (Å²) in [5.74, 6) is 3.40. The first-order valence-electron chi connectivity index (χ1n) is 13.4. The topological polar surface area (TPSA) is 137 Å². The van der Waals surface area contributed by atoms with E-state index in [1.54, 1.807) is 0 Å². The summed E-state index contributed by atoms with van der Waals surface area (Å²) < 4.78 is 11.3. The van der Waals surface area contributed by atoms with Crippen LogP contribution in [0.5, 0.6) is 11.5 Å². The van der Waals surface area contributed by atoms with E-state index in [1.165, 1.54) is 6.33 Å². The van der Waals surface area contributed by atoms with Crippen LogP contribution in [0.2, 0.25) is 0 Å². The Morgan fingerprint density at radius 3 is 2.38 bits per heavy atom. The third-order valence-corrected chi connectivity index (χ3v) is 7.27. The van der Waals surface area contributed by atoms with E-state index in [1.807, 2.05) is 59.5 Å². The second kappa shape index (κ2) is 13.9. The molecule has 1 aromatic heterocycles. The molecule has 39 heavy (non-hydrogen) atoms. The molecule has 10 heteroatoms. The van der Waals surface area contributed by atoms with Gasteiger partial charge in [0, 0.05) is 45.7 Å². The van der Waals surface area contributed by atoms with Crippen LogP contribution in [0.1, 0.15) is 19.3 Å². The first kappa shape index (κ1) is 28.3. The monoisotopic (exact) mass is 534 g/mol. The van der Waals surface area contributed by atoms with Gasteiger partial charge in [-0.25, -0.2) is 9.97 Å². The van der Waals surface area contributed by atoms with E-state index in [0.717, 1.165) is 93.8 Å². The van der Waals surface area contributed by atoms with Crippen molar-refractivity contribution < 1.29 is 19.7 Å². The summed E-state index contributed by atoms with van der Waals surface area (Å²) in [5, 5.41) is 3.50. The number of para-hydroxylation sites is 1. The van der Waals surface area contributed by atoms with E-state index in [9.17, 15) is 4.79 Å². The van der Waals surface area contributed by atoms with Crippen LogP contribution in [0.4, 0.5) is 11.6 Å². The lowest BCUT2D eigenvalue weighted by molar-refractivity contribution is -0.133. The van der Waals surface area contributed by atoms with Crippen LogP contribution >= 0.6 is 0 Å². The molecule has 1 amide bonds. The zero-order chi connectivity index (χ0) is 26.2. The van der Waals surface area contributed by atoms with E-state index in [2.05, 4.69) is 20.2 Å². The zero-order valence-electron chi connectivity index (χ0n) is 22.2. The summed E-state index contributed by atoms with van der Waals surface area (Å²) in [6.07, 6.45) is 4.01. The number of morpholine rings is 1. The van der Waals surface area contributed by atoms with Crippen molar-refractivity contribution in [2.45, 2.75) is 19.3 Å². The highest BCUT2D eigenvalue weighted by Gasteiger charge is 2.24. The van der Waals surface area contributed by atoms with Gasteiger partial charge in [0.15, 0.2) is 0 Å². The van der Waals surface area contributed by atoms with E-state index in [-0.39, 0.29) is 11.4 Å². The lowest BCUT2D eigenvalue weighted by atomic mass is 9.96. The fourth-order valence-electron chi connectivity index (χ4n) is 5.00. The Hall–Kier alpha value is -3.73. The summed E-state index contributed by atoms with van der Waals surface area (Å²) in [6.45, 7) is 6.56. The van der Waals surface area contributed by atoms with Gasteiger partial charge in [-0.3, -0.25) is 9.69 Å². The molecule has 2 aliphatic rings. The molecule has 0 unspecified atom stereocenters. The Labute approximate surface area is 229 Å². The van der Waals surface area contributed by atoms with Crippen molar-refractivity contribution in [3.63, 3.8) is 0 Å². The molecule has 0 radical (unpaired) electrons. The molecule has 3 aromatic rings. The van der Waals surface area contributed by atoms with Gasteiger partial charge < -0.3 is 30.9 Å².